The van der Waals surface area contributed by atoms with E-state index in [9.17, 15) is 0 Å². The highest BCUT2D eigenvalue weighted by Crippen LogP contribution is 2.10. The SMILES string of the molecule is Brc1ccc(Cc2cc[nH]c2)cn1. The minimum absolute atomic E-state index is 0.880. The van der Waals surface area contributed by atoms with Crippen LogP contribution in [0.25, 0.3) is 0 Å². The molecule has 2 rings (SSSR count). The predicted octanol–water partition coefficient (Wildman–Crippen LogP) is 2.76. The van der Waals surface area contributed by atoms with Crippen LogP contribution < -0.4 is 0 Å². The molecule has 2 aromatic rings. The van der Waals surface area contributed by atoms with Crippen LogP contribution in [-0.2, 0) is 6.42 Å². The van der Waals surface area contributed by atoms with Crippen molar-refractivity contribution in [2.24, 2.45) is 0 Å². The summed E-state index contributed by atoms with van der Waals surface area (Å²) in [6.45, 7) is 0. The number of halogens is 1. The number of nitrogens with zero attached hydrogens (tertiary/aromatic N) is 1. The van der Waals surface area contributed by atoms with E-state index in [0.29, 0.717) is 0 Å². The molecular formula is C10H9BrN2. The number of hydrogen-bond acceptors (Lipinski definition) is 1. The summed E-state index contributed by atoms with van der Waals surface area (Å²) in [5.41, 5.74) is 2.51. The Morgan fingerprint density at radius 2 is 2.15 bits per heavy atom. The third-order valence-electron chi connectivity index (χ3n) is 1.86. The van der Waals surface area contributed by atoms with Gasteiger partial charge in [-0.2, -0.15) is 0 Å². The number of hydrogen-bond donors (Lipinski definition) is 1. The van der Waals surface area contributed by atoms with Crippen LogP contribution in [0.1, 0.15) is 11.1 Å². The molecule has 0 aliphatic heterocycles. The smallest absolute Gasteiger partial charge is 0.106 e. The summed E-state index contributed by atoms with van der Waals surface area (Å²) in [6, 6.07) is 6.11. The lowest BCUT2D eigenvalue weighted by atomic mass is 10.1. The Morgan fingerprint density at radius 3 is 2.77 bits per heavy atom. The van der Waals surface area contributed by atoms with Gasteiger partial charge in [-0.3, -0.25) is 0 Å². The number of rotatable bonds is 2. The molecule has 0 fully saturated rings. The second-order valence-electron chi connectivity index (χ2n) is 2.89. The van der Waals surface area contributed by atoms with Crippen LogP contribution in [0.5, 0.6) is 0 Å². The summed E-state index contributed by atoms with van der Waals surface area (Å²) in [4.78, 5) is 7.20. The van der Waals surface area contributed by atoms with Gasteiger partial charge in [0.15, 0.2) is 0 Å². The highest BCUT2D eigenvalue weighted by atomic mass is 79.9. The first kappa shape index (κ1) is 8.51. The molecule has 66 valence electrons. The zero-order chi connectivity index (χ0) is 9.10. The first-order chi connectivity index (χ1) is 6.34. The van der Waals surface area contributed by atoms with Crippen molar-refractivity contribution in [1.29, 1.82) is 0 Å². The van der Waals surface area contributed by atoms with Crippen LogP contribution in [0.15, 0.2) is 41.4 Å². The number of aromatic amines is 1. The Bertz CT molecular complexity index is 364. The minimum Gasteiger partial charge on any atom is -0.367 e. The van der Waals surface area contributed by atoms with Gasteiger partial charge in [0.2, 0.25) is 0 Å². The van der Waals surface area contributed by atoms with E-state index in [2.05, 4.69) is 38.0 Å². The van der Waals surface area contributed by atoms with Crippen LogP contribution >= 0.6 is 15.9 Å². The van der Waals surface area contributed by atoms with E-state index in [0.717, 1.165) is 11.0 Å². The molecule has 13 heavy (non-hydrogen) atoms. The van der Waals surface area contributed by atoms with E-state index in [1.165, 1.54) is 11.1 Å². The monoisotopic (exact) mass is 236 g/mol. The molecule has 2 nitrogen and oxygen atoms in total. The van der Waals surface area contributed by atoms with Gasteiger partial charge in [0.25, 0.3) is 0 Å². The largest absolute Gasteiger partial charge is 0.367 e. The third-order valence-corrected chi connectivity index (χ3v) is 2.33. The van der Waals surface area contributed by atoms with Crippen LogP contribution in [0.3, 0.4) is 0 Å². The van der Waals surface area contributed by atoms with Gasteiger partial charge in [-0.05, 0) is 39.2 Å². The maximum atomic E-state index is 4.17. The van der Waals surface area contributed by atoms with Gasteiger partial charge >= 0.3 is 0 Å². The van der Waals surface area contributed by atoms with Gasteiger partial charge in [0.05, 0.1) is 0 Å². The number of nitrogens with one attached hydrogen (secondary N) is 1. The lowest BCUT2D eigenvalue weighted by molar-refractivity contribution is 1.13. The maximum absolute atomic E-state index is 4.17. The molecule has 0 saturated carbocycles. The van der Waals surface area contributed by atoms with Gasteiger partial charge < -0.3 is 4.98 Å². The van der Waals surface area contributed by atoms with E-state index in [-0.39, 0.29) is 0 Å². The average Bonchev–Trinajstić information content (AvgIpc) is 2.62. The van der Waals surface area contributed by atoms with Crippen molar-refractivity contribution in [2.75, 3.05) is 0 Å². The summed E-state index contributed by atoms with van der Waals surface area (Å²) in [7, 11) is 0. The van der Waals surface area contributed by atoms with Crippen molar-refractivity contribution < 1.29 is 0 Å². The van der Waals surface area contributed by atoms with E-state index >= 15 is 0 Å². The summed E-state index contributed by atoms with van der Waals surface area (Å²) >= 11 is 3.31. The van der Waals surface area contributed by atoms with Crippen molar-refractivity contribution in [3.05, 3.63) is 52.5 Å². The van der Waals surface area contributed by atoms with Crippen LogP contribution in [0.4, 0.5) is 0 Å². The van der Waals surface area contributed by atoms with Crippen molar-refractivity contribution in [2.45, 2.75) is 6.42 Å². The number of H-pyrrole nitrogens is 1. The quantitative estimate of drug-likeness (QED) is 0.799. The minimum atomic E-state index is 0.880. The standard InChI is InChI=1S/C10H9BrN2/c11-10-2-1-8(7-13-10)5-9-3-4-12-6-9/h1-4,6-7,12H,5H2. The molecule has 1 N–H and O–H groups in total. The topological polar surface area (TPSA) is 28.7 Å². The van der Waals surface area contributed by atoms with E-state index in [4.69, 9.17) is 0 Å². The molecule has 0 saturated heterocycles. The second-order valence-corrected chi connectivity index (χ2v) is 3.70. The van der Waals surface area contributed by atoms with Gasteiger partial charge in [-0.1, -0.05) is 6.07 Å². The molecule has 2 aromatic heterocycles. The zero-order valence-electron chi connectivity index (χ0n) is 7.00. The highest BCUT2D eigenvalue weighted by Gasteiger charge is 1.96. The van der Waals surface area contributed by atoms with E-state index in [1.807, 2.05) is 24.7 Å². The fourth-order valence-electron chi connectivity index (χ4n) is 1.22. The normalized spacial score (nSPS) is 10.2. The Morgan fingerprint density at radius 1 is 1.23 bits per heavy atom. The van der Waals surface area contributed by atoms with E-state index in [1.54, 1.807) is 0 Å². The second kappa shape index (κ2) is 3.75. The molecule has 0 aliphatic carbocycles. The molecule has 0 spiro atoms. The Hall–Kier alpha value is -1.09. The van der Waals surface area contributed by atoms with Crippen molar-refractivity contribution in [3.8, 4) is 0 Å². The summed E-state index contributed by atoms with van der Waals surface area (Å²) in [5.74, 6) is 0. The Kier molecular flexibility index (Phi) is 2.45. The van der Waals surface area contributed by atoms with Crippen LogP contribution in [-0.4, -0.2) is 9.97 Å². The first-order valence-electron chi connectivity index (χ1n) is 4.07. The lowest BCUT2D eigenvalue weighted by Crippen LogP contribution is -1.86. The maximum Gasteiger partial charge on any atom is 0.106 e. The van der Waals surface area contributed by atoms with Gasteiger partial charge in [0, 0.05) is 25.0 Å². The van der Waals surface area contributed by atoms with Gasteiger partial charge in [-0.15, -0.1) is 0 Å². The van der Waals surface area contributed by atoms with Gasteiger partial charge in [-0.25, -0.2) is 4.98 Å². The van der Waals surface area contributed by atoms with Crippen molar-refractivity contribution in [3.63, 3.8) is 0 Å². The molecule has 0 unspecified atom stereocenters. The van der Waals surface area contributed by atoms with Crippen molar-refractivity contribution >= 4 is 15.9 Å². The van der Waals surface area contributed by atoms with Crippen molar-refractivity contribution in [1.82, 2.24) is 9.97 Å². The third kappa shape index (κ3) is 2.18. The highest BCUT2D eigenvalue weighted by molar-refractivity contribution is 9.10. The average molecular weight is 237 g/mol. The summed E-state index contributed by atoms with van der Waals surface area (Å²) in [6.07, 6.45) is 6.75. The first-order valence-corrected chi connectivity index (χ1v) is 4.86. The predicted molar refractivity (Wildman–Crippen MR) is 55.5 cm³/mol. The fourth-order valence-corrected chi connectivity index (χ4v) is 1.45. The number of aromatic nitrogens is 2. The number of pyridine rings is 1. The summed E-state index contributed by atoms with van der Waals surface area (Å²) in [5, 5.41) is 0. The van der Waals surface area contributed by atoms with E-state index < -0.39 is 0 Å². The molecule has 0 bridgehead atoms. The Labute approximate surface area is 85.1 Å². The molecule has 0 atom stereocenters. The summed E-state index contributed by atoms with van der Waals surface area (Å²) < 4.78 is 0.880. The molecule has 0 amide bonds. The molecule has 2 heterocycles. The van der Waals surface area contributed by atoms with Gasteiger partial charge in [0.1, 0.15) is 4.60 Å². The lowest BCUT2D eigenvalue weighted by Gasteiger charge is -1.97. The molecule has 3 heteroatoms. The molecule has 0 radical (unpaired) electrons. The molecule has 0 aromatic carbocycles. The Balaban J connectivity index is 2.15. The zero-order valence-corrected chi connectivity index (χ0v) is 8.58. The molecular weight excluding hydrogens is 228 g/mol. The fraction of sp³-hybridized carbons (Fsp3) is 0.100. The van der Waals surface area contributed by atoms with Crippen LogP contribution in [0, 0.1) is 0 Å². The molecule has 0 aliphatic rings. The van der Waals surface area contributed by atoms with Crippen LogP contribution in [0.2, 0.25) is 0 Å².